The van der Waals surface area contributed by atoms with Gasteiger partial charge in [-0.25, -0.2) is 8.78 Å². The molecule has 0 aliphatic carbocycles. The van der Waals surface area contributed by atoms with Crippen LogP contribution in [-0.4, -0.2) is 56.6 Å². The Morgan fingerprint density at radius 1 is 1.00 bits per heavy atom. The summed E-state index contributed by atoms with van der Waals surface area (Å²) < 4.78 is 37.3. The highest BCUT2D eigenvalue weighted by atomic mass is 19.2. The van der Waals surface area contributed by atoms with Crippen molar-refractivity contribution >= 4 is 5.91 Å². The Kier molecular flexibility index (Phi) is 5.60. The number of likely N-dealkylation sites (N-methyl/N-ethyl adjacent to an activating group) is 1. The van der Waals surface area contributed by atoms with Crippen molar-refractivity contribution in [2.24, 2.45) is 0 Å². The fourth-order valence-electron chi connectivity index (χ4n) is 3.29. The van der Waals surface area contributed by atoms with Gasteiger partial charge in [-0.1, -0.05) is 6.07 Å². The molecule has 0 bridgehead atoms. The lowest BCUT2D eigenvalue weighted by Crippen LogP contribution is -2.49. The van der Waals surface area contributed by atoms with Crippen LogP contribution in [0, 0.1) is 11.6 Å². The van der Waals surface area contributed by atoms with Crippen molar-refractivity contribution < 1.29 is 23.0 Å². The molecular formula is C20H22F2N2O3. The third kappa shape index (κ3) is 3.88. The first-order valence-electron chi connectivity index (χ1n) is 8.61. The first kappa shape index (κ1) is 19.1. The molecule has 1 amide bonds. The van der Waals surface area contributed by atoms with E-state index in [1.165, 1.54) is 6.07 Å². The van der Waals surface area contributed by atoms with Crippen molar-refractivity contribution in [3.05, 3.63) is 59.2 Å². The number of halogens is 2. The van der Waals surface area contributed by atoms with Crippen LogP contribution in [0.15, 0.2) is 36.4 Å². The van der Waals surface area contributed by atoms with Crippen molar-refractivity contribution in [1.82, 2.24) is 9.80 Å². The van der Waals surface area contributed by atoms with Gasteiger partial charge in [0.2, 0.25) is 0 Å². The van der Waals surface area contributed by atoms with E-state index in [9.17, 15) is 13.6 Å². The maximum absolute atomic E-state index is 13.5. The summed E-state index contributed by atoms with van der Waals surface area (Å²) in [7, 11) is 5.14. The number of benzene rings is 2. The minimum atomic E-state index is -1.02. The average molecular weight is 376 g/mol. The van der Waals surface area contributed by atoms with Crippen LogP contribution >= 0.6 is 0 Å². The smallest absolute Gasteiger partial charge is 0.254 e. The first-order chi connectivity index (χ1) is 12.9. The molecule has 0 saturated carbocycles. The molecule has 1 saturated heterocycles. The number of rotatable bonds is 4. The van der Waals surface area contributed by atoms with Crippen molar-refractivity contribution in [2.45, 2.75) is 6.04 Å². The van der Waals surface area contributed by atoms with Gasteiger partial charge in [-0.2, -0.15) is 0 Å². The Hall–Kier alpha value is -2.67. The number of amides is 1. The monoisotopic (exact) mass is 376 g/mol. The molecule has 1 heterocycles. The molecule has 0 aromatic heterocycles. The molecule has 1 fully saturated rings. The standard InChI is InChI=1S/C20H22F2N2O3/c1-23-8-9-24(20(25)14-4-6-15(21)16(22)10-14)12-17(23)13-5-7-18(26-2)19(11-13)27-3/h4-7,10-11,17H,8-9,12H2,1-3H3. The lowest BCUT2D eigenvalue weighted by molar-refractivity contribution is 0.0545. The van der Waals surface area contributed by atoms with Gasteiger partial charge in [0.15, 0.2) is 23.1 Å². The van der Waals surface area contributed by atoms with E-state index in [0.29, 0.717) is 31.1 Å². The van der Waals surface area contributed by atoms with E-state index in [4.69, 9.17) is 9.47 Å². The van der Waals surface area contributed by atoms with Crippen molar-refractivity contribution in [3.63, 3.8) is 0 Å². The topological polar surface area (TPSA) is 42.0 Å². The molecule has 144 valence electrons. The van der Waals surface area contributed by atoms with Gasteiger partial charge in [-0.15, -0.1) is 0 Å². The molecule has 7 heteroatoms. The number of ether oxygens (including phenoxy) is 2. The van der Waals surface area contributed by atoms with Gasteiger partial charge in [-0.3, -0.25) is 9.69 Å². The quantitative estimate of drug-likeness (QED) is 0.822. The van der Waals surface area contributed by atoms with Gasteiger partial charge in [0.25, 0.3) is 5.91 Å². The summed E-state index contributed by atoms with van der Waals surface area (Å²) in [6.45, 7) is 1.61. The SMILES string of the molecule is COc1ccc(C2CN(C(=O)c3ccc(F)c(F)c3)CCN2C)cc1OC. The lowest BCUT2D eigenvalue weighted by atomic mass is 10.0. The van der Waals surface area contributed by atoms with Crippen LogP contribution < -0.4 is 9.47 Å². The molecule has 1 atom stereocenters. The number of methoxy groups -OCH3 is 2. The Morgan fingerprint density at radius 3 is 2.41 bits per heavy atom. The maximum Gasteiger partial charge on any atom is 0.254 e. The summed E-state index contributed by atoms with van der Waals surface area (Å²) >= 11 is 0. The third-order valence-corrected chi connectivity index (χ3v) is 4.89. The highest BCUT2D eigenvalue weighted by Crippen LogP contribution is 2.33. The van der Waals surface area contributed by atoms with Crippen LogP contribution in [0.5, 0.6) is 11.5 Å². The number of nitrogens with zero attached hydrogens (tertiary/aromatic N) is 2. The summed E-state index contributed by atoms with van der Waals surface area (Å²) in [5, 5.41) is 0. The van der Waals surface area contributed by atoms with E-state index in [2.05, 4.69) is 4.90 Å². The minimum Gasteiger partial charge on any atom is -0.493 e. The van der Waals surface area contributed by atoms with Crippen LogP contribution in [0.1, 0.15) is 22.0 Å². The Bertz CT molecular complexity index is 844. The second-order valence-corrected chi connectivity index (χ2v) is 6.49. The molecule has 1 aliphatic rings. The third-order valence-electron chi connectivity index (χ3n) is 4.89. The fraction of sp³-hybridized carbons (Fsp3) is 0.350. The summed E-state index contributed by atoms with van der Waals surface area (Å²) in [5.74, 6) is -1.05. The number of piperazine rings is 1. The molecule has 1 aliphatic heterocycles. The zero-order valence-electron chi connectivity index (χ0n) is 15.5. The molecule has 5 nitrogen and oxygen atoms in total. The number of hydrogen-bond donors (Lipinski definition) is 0. The highest BCUT2D eigenvalue weighted by Gasteiger charge is 2.30. The highest BCUT2D eigenvalue weighted by molar-refractivity contribution is 5.94. The molecule has 2 aromatic rings. The van der Waals surface area contributed by atoms with Crippen molar-refractivity contribution in [3.8, 4) is 11.5 Å². The van der Waals surface area contributed by atoms with Crippen LogP contribution in [0.4, 0.5) is 8.78 Å². The number of carbonyl (C=O) groups is 1. The van der Waals surface area contributed by atoms with Gasteiger partial charge >= 0.3 is 0 Å². The molecular weight excluding hydrogens is 354 g/mol. The summed E-state index contributed by atoms with van der Waals surface area (Å²) in [6, 6.07) is 8.85. The van der Waals surface area contributed by atoms with E-state index in [0.717, 1.165) is 17.7 Å². The molecule has 0 N–H and O–H groups in total. The Balaban J connectivity index is 1.83. The van der Waals surface area contributed by atoms with Crippen LogP contribution in [-0.2, 0) is 0 Å². The Morgan fingerprint density at radius 2 is 1.74 bits per heavy atom. The van der Waals surface area contributed by atoms with E-state index in [1.54, 1.807) is 19.1 Å². The van der Waals surface area contributed by atoms with Crippen LogP contribution in [0.2, 0.25) is 0 Å². The van der Waals surface area contributed by atoms with Crippen molar-refractivity contribution in [1.29, 1.82) is 0 Å². The Labute approximate surface area is 157 Å². The van der Waals surface area contributed by atoms with Gasteiger partial charge < -0.3 is 14.4 Å². The summed E-state index contributed by atoms with van der Waals surface area (Å²) in [6.07, 6.45) is 0. The van der Waals surface area contributed by atoms with Crippen molar-refractivity contribution in [2.75, 3.05) is 40.9 Å². The normalized spacial score (nSPS) is 17.7. The zero-order valence-corrected chi connectivity index (χ0v) is 15.5. The van der Waals surface area contributed by atoms with E-state index in [-0.39, 0.29) is 17.5 Å². The zero-order chi connectivity index (χ0) is 19.6. The molecule has 0 spiro atoms. The molecule has 3 rings (SSSR count). The first-order valence-corrected chi connectivity index (χ1v) is 8.61. The fourth-order valence-corrected chi connectivity index (χ4v) is 3.29. The lowest BCUT2D eigenvalue weighted by Gasteiger charge is -2.40. The van der Waals surface area contributed by atoms with Crippen LogP contribution in [0.3, 0.4) is 0 Å². The van der Waals surface area contributed by atoms with Gasteiger partial charge in [0.05, 0.1) is 20.3 Å². The van der Waals surface area contributed by atoms with Gasteiger partial charge in [0, 0.05) is 25.2 Å². The van der Waals surface area contributed by atoms with Crippen LogP contribution in [0.25, 0.3) is 0 Å². The molecule has 27 heavy (non-hydrogen) atoms. The molecule has 0 radical (unpaired) electrons. The second-order valence-electron chi connectivity index (χ2n) is 6.49. The maximum atomic E-state index is 13.5. The average Bonchev–Trinajstić information content (AvgIpc) is 2.69. The number of hydrogen-bond acceptors (Lipinski definition) is 4. The van der Waals surface area contributed by atoms with E-state index >= 15 is 0 Å². The molecule has 1 unspecified atom stereocenters. The van der Waals surface area contributed by atoms with E-state index < -0.39 is 11.6 Å². The second kappa shape index (κ2) is 7.92. The largest absolute Gasteiger partial charge is 0.493 e. The summed E-state index contributed by atoms with van der Waals surface area (Å²) in [5.41, 5.74) is 1.13. The summed E-state index contributed by atoms with van der Waals surface area (Å²) in [4.78, 5) is 16.6. The predicted octanol–water partition coefficient (Wildman–Crippen LogP) is 3.11. The minimum absolute atomic E-state index is 0.0483. The van der Waals surface area contributed by atoms with Gasteiger partial charge in [0.1, 0.15) is 0 Å². The molecule has 2 aromatic carbocycles. The number of carbonyl (C=O) groups excluding carboxylic acids is 1. The predicted molar refractivity (Wildman–Crippen MR) is 97.2 cm³/mol. The van der Waals surface area contributed by atoms with E-state index in [1.807, 2.05) is 25.2 Å². The van der Waals surface area contributed by atoms with Gasteiger partial charge in [-0.05, 0) is 42.9 Å².